The van der Waals surface area contributed by atoms with Gasteiger partial charge in [0.15, 0.2) is 0 Å². The average molecular weight is 249 g/mol. The molecule has 0 aliphatic rings. The maximum Gasteiger partial charge on any atom is 0.118 e. The first-order valence-electron chi connectivity index (χ1n) is 7.01. The molecule has 0 spiro atoms. The van der Waals surface area contributed by atoms with Gasteiger partial charge in [-0.15, -0.1) is 0 Å². The molecule has 1 N–H and O–H groups in total. The van der Waals surface area contributed by atoms with Gasteiger partial charge in [-0.05, 0) is 55.5 Å². The van der Waals surface area contributed by atoms with Crippen LogP contribution in [0.3, 0.4) is 0 Å². The number of hydrogen-bond acceptors (Lipinski definition) is 2. The Balaban J connectivity index is 2.34. The van der Waals surface area contributed by atoms with Crippen molar-refractivity contribution in [1.82, 2.24) is 5.32 Å². The van der Waals surface area contributed by atoms with E-state index >= 15 is 0 Å². The Morgan fingerprint density at radius 3 is 2.33 bits per heavy atom. The minimum Gasteiger partial charge on any atom is -0.497 e. The number of benzene rings is 1. The van der Waals surface area contributed by atoms with Crippen LogP contribution in [-0.4, -0.2) is 20.2 Å². The molecule has 0 bridgehead atoms. The third kappa shape index (κ3) is 5.09. The molecule has 0 fully saturated rings. The zero-order valence-electron chi connectivity index (χ0n) is 12.2. The van der Waals surface area contributed by atoms with Crippen LogP contribution < -0.4 is 10.1 Å². The zero-order chi connectivity index (χ0) is 13.4. The third-order valence-corrected chi connectivity index (χ3v) is 3.74. The fourth-order valence-electron chi connectivity index (χ4n) is 2.04. The van der Waals surface area contributed by atoms with Crippen LogP contribution in [-0.2, 0) is 6.42 Å². The largest absolute Gasteiger partial charge is 0.497 e. The van der Waals surface area contributed by atoms with E-state index in [9.17, 15) is 0 Å². The normalized spacial score (nSPS) is 14.2. The molecule has 2 nitrogen and oxygen atoms in total. The maximum absolute atomic E-state index is 5.17. The second-order valence-corrected chi connectivity index (χ2v) is 5.15. The van der Waals surface area contributed by atoms with Gasteiger partial charge in [0.25, 0.3) is 0 Å². The predicted molar refractivity (Wildman–Crippen MR) is 78.2 cm³/mol. The molecule has 2 unspecified atom stereocenters. The monoisotopic (exact) mass is 249 g/mol. The summed E-state index contributed by atoms with van der Waals surface area (Å²) in [6.45, 7) is 9.04. The van der Waals surface area contributed by atoms with E-state index in [1.54, 1.807) is 7.11 Å². The lowest BCUT2D eigenvalue weighted by Gasteiger charge is -2.20. The second kappa shape index (κ2) is 8.15. The summed E-state index contributed by atoms with van der Waals surface area (Å²) in [4.78, 5) is 0. The van der Waals surface area contributed by atoms with Gasteiger partial charge in [-0.2, -0.15) is 0 Å². The number of rotatable bonds is 8. The van der Waals surface area contributed by atoms with Gasteiger partial charge in [-0.3, -0.25) is 0 Å². The highest BCUT2D eigenvalue weighted by molar-refractivity contribution is 5.27. The highest BCUT2D eigenvalue weighted by Gasteiger charge is 2.11. The molecule has 102 valence electrons. The van der Waals surface area contributed by atoms with Crippen LogP contribution >= 0.6 is 0 Å². The summed E-state index contributed by atoms with van der Waals surface area (Å²) in [7, 11) is 1.71. The van der Waals surface area contributed by atoms with Gasteiger partial charge in [0.2, 0.25) is 0 Å². The Labute approximate surface area is 112 Å². The topological polar surface area (TPSA) is 21.3 Å². The molecular formula is C16H27NO. The molecular weight excluding hydrogens is 222 g/mol. The molecule has 1 aromatic carbocycles. The summed E-state index contributed by atoms with van der Waals surface area (Å²) in [6, 6.07) is 8.42. The molecule has 0 saturated heterocycles. The lowest BCUT2D eigenvalue weighted by Crippen LogP contribution is -2.25. The SMILES string of the molecule is CCNCC(C)C(C)CCc1ccc(OC)cc1. The second-order valence-electron chi connectivity index (χ2n) is 5.15. The van der Waals surface area contributed by atoms with Crippen LogP contribution in [0.5, 0.6) is 5.75 Å². The van der Waals surface area contributed by atoms with Crippen molar-refractivity contribution < 1.29 is 4.74 Å². The Kier molecular flexibility index (Phi) is 6.81. The van der Waals surface area contributed by atoms with E-state index in [0.717, 1.165) is 37.1 Å². The van der Waals surface area contributed by atoms with Gasteiger partial charge < -0.3 is 10.1 Å². The molecule has 0 amide bonds. The Morgan fingerprint density at radius 2 is 1.78 bits per heavy atom. The quantitative estimate of drug-likeness (QED) is 0.761. The van der Waals surface area contributed by atoms with Crippen LogP contribution in [0, 0.1) is 11.8 Å². The van der Waals surface area contributed by atoms with Crippen molar-refractivity contribution in [3.8, 4) is 5.75 Å². The highest BCUT2D eigenvalue weighted by atomic mass is 16.5. The molecule has 0 radical (unpaired) electrons. The molecule has 2 heteroatoms. The van der Waals surface area contributed by atoms with E-state index in [4.69, 9.17) is 4.74 Å². The smallest absolute Gasteiger partial charge is 0.118 e. The van der Waals surface area contributed by atoms with Gasteiger partial charge in [0.1, 0.15) is 5.75 Å². The standard InChI is InChI=1S/C16H27NO/c1-5-17-12-14(3)13(2)6-7-15-8-10-16(18-4)11-9-15/h8-11,13-14,17H,5-7,12H2,1-4H3. The summed E-state index contributed by atoms with van der Waals surface area (Å²) in [6.07, 6.45) is 2.40. The Morgan fingerprint density at radius 1 is 1.11 bits per heavy atom. The number of nitrogens with one attached hydrogen (secondary N) is 1. The predicted octanol–water partition coefficient (Wildman–Crippen LogP) is 3.51. The van der Waals surface area contributed by atoms with Crippen molar-refractivity contribution in [1.29, 1.82) is 0 Å². The van der Waals surface area contributed by atoms with Crippen LogP contribution in [0.25, 0.3) is 0 Å². The van der Waals surface area contributed by atoms with Gasteiger partial charge >= 0.3 is 0 Å². The van der Waals surface area contributed by atoms with Crippen LogP contribution in [0.1, 0.15) is 32.8 Å². The van der Waals surface area contributed by atoms with E-state index < -0.39 is 0 Å². The molecule has 0 aliphatic heterocycles. The number of hydrogen-bond donors (Lipinski definition) is 1. The molecule has 18 heavy (non-hydrogen) atoms. The van der Waals surface area contributed by atoms with Crippen molar-refractivity contribution in [3.63, 3.8) is 0 Å². The van der Waals surface area contributed by atoms with Crippen molar-refractivity contribution in [3.05, 3.63) is 29.8 Å². The maximum atomic E-state index is 5.17. The van der Waals surface area contributed by atoms with Gasteiger partial charge in [-0.1, -0.05) is 32.9 Å². The molecule has 0 aromatic heterocycles. The first-order valence-corrected chi connectivity index (χ1v) is 7.01. The third-order valence-electron chi connectivity index (χ3n) is 3.74. The summed E-state index contributed by atoms with van der Waals surface area (Å²) < 4.78 is 5.17. The fraction of sp³-hybridized carbons (Fsp3) is 0.625. The number of aryl methyl sites for hydroxylation is 1. The lowest BCUT2D eigenvalue weighted by atomic mass is 9.90. The van der Waals surface area contributed by atoms with Crippen molar-refractivity contribution in [2.24, 2.45) is 11.8 Å². The van der Waals surface area contributed by atoms with E-state index in [2.05, 4.69) is 38.2 Å². The van der Waals surface area contributed by atoms with Crippen molar-refractivity contribution >= 4 is 0 Å². The molecule has 0 aliphatic carbocycles. The molecule has 0 saturated carbocycles. The number of ether oxygens (including phenoxy) is 1. The average Bonchev–Trinajstić information content (AvgIpc) is 2.42. The molecule has 0 heterocycles. The number of methoxy groups -OCH3 is 1. The van der Waals surface area contributed by atoms with Crippen LogP contribution in [0.4, 0.5) is 0 Å². The van der Waals surface area contributed by atoms with Crippen molar-refractivity contribution in [2.75, 3.05) is 20.2 Å². The van der Waals surface area contributed by atoms with E-state index in [1.807, 2.05) is 12.1 Å². The first kappa shape index (κ1) is 15.0. The minimum absolute atomic E-state index is 0.739. The zero-order valence-corrected chi connectivity index (χ0v) is 12.2. The highest BCUT2D eigenvalue weighted by Crippen LogP contribution is 2.19. The van der Waals surface area contributed by atoms with Gasteiger partial charge in [0.05, 0.1) is 7.11 Å². The fourth-order valence-corrected chi connectivity index (χ4v) is 2.04. The summed E-state index contributed by atoms with van der Waals surface area (Å²) in [5, 5.41) is 3.43. The lowest BCUT2D eigenvalue weighted by molar-refractivity contribution is 0.350. The van der Waals surface area contributed by atoms with Crippen molar-refractivity contribution in [2.45, 2.75) is 33.6 Å². The van der Waals surface area contributed by atoms with E-state index in [-0.39, 0.29) is 0 Å². The molecule has 1 rings (SSSR count). The summed E-state index contributed by atoms with van der Waals surface area (Å²) >= 11 is 0. The Bertz CT molecular complexity index is 320. The van der Waals surface area contributed by atoms with Crippen LogP contribution in [0.15, 0.2) is 24.3 Å². The summed E-state index contributed by atoms with van der Waals surface area (Å²) in [5.41, 5.74) is 1.40. The molecule has 2 atom stereocenters. The molecule has 1 aromatic rings. The minimum atomic E-state index is 0.739. The van der Waals surface area contributed by atoms with E-state index in [1.165, 1.54) is 12.0 Å². The Hall–Kier alpha value is -1.02. The first-order chi connectivity index (χ1) is 8.67. The van der Waals surface area contributed by atoms with Crippen LogP contribution in [0.2, 0.25) is 0 Å². The summed E-state index contributed by atoms with van der Waals surface area (Å²) in [5.74, 6) is 2.43. The van der Waals surface area contributed by atoms with Gasteiger partial charge in [0, 0.05) is 0 Å². The van der Waals surface area contributed by atoms with E-state index in [0.29, 0.717) is 0 Å². The van der Waals surface area contributed by atoms with Gasteiger partial charge in [-0.25, -0.2) is 0 Å².